The molecular weight excluding hydrogens is 372 g/mol. The summed E-state index contributed by atoms with van der Waals surface area (Å²) in [6.45, 7) is 5.70. The number of aromatic nitrogens is 1. The number of carbonyl (C=O) groups excluding carboxylic acids is 1. The fourth-order valence-electron chi connectivity index (χ4n) is 4.76. The highest BCUT2D eigenvalue weighted by Gasteiger charge is 2.42. The van der Waals surface area contributed by atoms with Crippen LogP contribution in [0.5, 0.6) is 0 Å². The maximum atomic E-state index is 12.8. The second-order valence-electron chi connectivity index (χ2n) is 8.46. The fourth-order valence-corrected chi connectivity index (χ4v) is 4.76. The minimum Gasteiger partial charge on any atom is -0.372 e. The van der Waals surface area contributed by atoms with E-state index in [4.69, 9.17) is 0 Å². The molecule has 2 N–H and O–H groups in total. The van der Waals surface area contributed by atoms with E-state index in [9.17, 15) is 4.79 Å². The number of hydrogen-bond donors (Lipinski definition) is 2. The van der Waals surface area contributed by atoms with Gasteiger partial charge < -0.3 is 20.1 Å². The number of nitrogens with one attached hydrogen (secondary N) is 2. The first-order valence-electron chi connectivity index (χ1n) is 10.8. The van der Waals surface area contributed by atoms with Crippen LogP contribution in [0.4, 0.5) is 16.2 Å². The third-order valence-corrected chi connectivity index (χ3v) is 6.54. The molecule has 3 aromatic rings. The molecule has 2 amide bonds. The normalized spacial score (nSPS) is 16.5. The molecule has 5 rings (SSSR count). The summed E-state index contributed by atoms with van der Waals surface area (Å²) in [6, 6.07) is 19.0. The summed E-state index contributed by atoms with van der Waals surface area (Å²) in [5.74, 6) is 0. The number of anilines is 2. The second kappa shape index (κ2) is 7.24. The summed E-state index contributed by atoms with van der Waals surface area (Å²) < 4.78 is 2.30. The molecular formula is C25H28N4O. The molecule has 0 unspecified atom stereocenters. The molecule has 5 heteroatoms. The third kappa shape index (κ3) is 3.15. The van der Waals surface area contributed by atoms with Crippen LogP contribution in [0, 0.1) is 6.92 Å². The van der Waals surface area contributed by atoms with Crippen molar-refractivity contribution in [2.24, 2.45) is 0 Å². The van der Waals surface area contributed by atoms with Crippen molar-refractivity contribution < 1.29 is 4.79 Å². The lowest BCUT2D eigenvalue weighted by Crippen LogP contribution is -2.51. The van der Waals surface area contributed by atoms with Gasteiger partial charge in [0.25, 0.3) is 0 Å². The van der Waals surface area contributed by atoms with Crippen LogP contribution < -0.4 is 10.6 Å². The Kier molecular flexibility index (Phi) is 4.54. The molecule has 1 spiro atoms. The Morgan fingerprint density at radius 2 is 1.87 bits per heavy atom. The number of benzene rings is 2. The maximum absolute atomic E-state index is 12.8. The first-order valence-corrected chi connectivity index (χ1v) is 10.8. The zero-order chi connectivity index (χ0) is 20.7. The van der Waals surface area contributed by atoms with E-state index in [1.165, 1.54) is 28.2 Å². The van der Waals surface area contributed by atoms with Gasteiger partial charge in [-0.1, -0.05) is 25.1 Å². The number of amides is 2. The number of urea groups is 1. The molecule has 0 saturated carbocycles. The van der Waals surface area contributed by atoms with Gasteiger partial charge in [-0.25, -0.2) is 4.79 Å². The molecule has 1 fully saturated rings. The van der Waals surface area contributed by atoms with Crippen molar-refractivity contribution in [3.05, 3.63) is 77.6 Å². The van der Waals surface area contributed by atoms with Crippen LogP contribution in [0.25, 0.3) is 5.69 Å². The number of piperidine rings is 1. The summed E-state index contributed by atoms with van der Waals surface area (Å²) in [5.41, 5.74) is 6.90. The van der Waals surface area contributed by atoms with Gasteiger partial charge in [-0.15, -0.1) is 0 Å². The SMILES string of the molecule is CCc1ccc(NC(=O)N2CCC3(CC2)Nc2cc(C)ccc2-n2cccc23)cc1. The predicted octanol–water partition coefficient (Wildman–Crippen LogP) is 5.30. The molecule has 5 nitrogen and oxygen atoms in total. The minimum atomic E-state index is -0.135. The highest BCUT2D eigenvalue weighted by Crippen LogP contribution is 2.43. The topological polar surface area (TPSA) is 49.3 Å². The average Bonchev–Trinajstić information content (AvgIpc) is 3.26. The quantitative estimate of drug-likeness (QED) is 0.613. The van der Waals surface area contributed by atoms with Gasteiger partial charge in [0, 0.05) is 30.7 Å². The zero-order valence-corrected chi connectivity index (χ0v) is 17.6. The van der Waals surface area contributed by atoms with Gasteiger partial charge in [-0.3, -0.25) is 0 Å². The fraction of sp³-hybridized carbons (Fsp3) is 0.320. The van der Waals surface area contributed by atoms with E-state index in [1.54, 1.807) is 0 Å². The second-order valence-corrected chi connectivity index (χ2v) is 8.46. The summed E-state index contributed by atoms with van der Waals surface area (Å²) in [4.78, 5) is 14.8. The highest BCUT2D eigenvalue weighted by atomic mass is 16.2. The van der Waals surface area contributed by atoms with Crippen LogP contribution in [-0.2, 0) is 12.0 Å². The lowest BCUT2D eigenvalue weighted by atomic mass is 9.82. The molecule has 2 aliphatic rings. The van der Waals surface area contributed by atoms with Crippen molar-refractivity contribution in [1.29, 1.82) is 0 Å². The first-order chi connectivity index (χ1) is 14.6. The van der Waals surface area contributed by atoms with Crippen LogP contribution in [0.3, 0.4) is 0 Å². The van der Waals surface area contributed by atoms with Gasteiger partial charge in [0.1, 0.15) is 0 Å². The number of likely N-dealkylation sites (tertiary alicyclic amines) is 1. The van der Waals surface area contributed by atoms with E-state index < -0.39 is 0 Å². The zero-order valence-electron chi connectivity index (χ0n) is 17.6. The number of rotatable bonds is 2. The lowest BCUT2D eigenvalue weighted by molar-refractivity contribution is 0.174. The Morgan fingerprint density at radius 1 is 1.10 bits per heavy atom. The van der Waals surface area contributed by atoms with Crippen molar-refractivity contribution in [2.45, 2.75) is 38.6 Å². The summed E-state index contributed by atoms with van der Waals surface area (Å²) >= 11 is 0. The van der Waals surface area contributed by atoms with Crippen LogP contribution >= 0.6 is 0 Å². The minimum absolute atomic E-state index is 0.0171. The van der Waals surface area contributed by atoms with Gasteiger partial charge in [0.05, 0.1) is 16.9 Å². The number of nitrogens with zero attached hydrogens (tertiary/aromatic N) is 2. The number of aryl methyl sites for hydroxylation is 2. The van der Waals surface area contributed by atoms with E-state index in [-0.39, 0.29) is 11.6 Å². The molecule has 0 atom stereocenters. The molecule has 2 aromatic carbocycles. The van der Waals surface area contributed by atoms with Gasteiger partial charge in [-0.2, -0.15) is 0 Å². The lowest BCUT2D eigenvalue weighted by Gasteiger charge is -2.46. The van der Waals surface area contributed by atoms with Gasteiger partial charge in [-0.05, 0) is 73.7 Å². The molecule has 0 bridgehead atoms. The number of hydrogen-bond acceptors (Lipinski definition) is 2. The van der Waals surface area contributed by atoms with Crippen LogP contribution in [0.15, 0.2) is 60.8 Å². The molecule has 1 aromatic heterocycles. The summed E-state index contributed by atoms with van der Waals surface area (Å²) in [7, 11) is 0. The molecule has 1 saturated heterocycles. The van der Waals surface area contributed by atoms with Gasteiger partial charge in [0.2, 0.25) is 0 Å². The molecule has 30 heavy (non-hydrogen) atoms. The average molecular weight is 401 g/mol. The summed E-state index contributed by atoms with van der Waals surface area (Å²) in [5, 5.41) is 6.89. The molecule has 0 radical (unpaired) electrons. The number of carbonyl (C=O) groups is 1. The summed E-state index contributed by atoms with van der Waals surface area (Å²) in [6.07, 6.45) is 4.91. The van der Waals surface area contributed by atoms with Crippen molar-refractivity contribution in [3.63, 3.8) is 0 Å². The van der Waals surface area contributed by atoms with Crippen molar-refractivity contribution >= 4 is 17.4 Å². The van der Waals surface area contributed by atoms with E-state index in [0.717, 1.165) is 38.0 Å². The van der Waals surface area contributed by atoms with Crippen LogP contribution in [0.1, 0.15) is 36.6 Å². The van der Waals surface area contributed by atoms with E-state index in [1.807, 2.05) is 17.0 Å². The van der Waals surface area contributed by atoms with Crippen LogP contribution in [-0.4, -0.2) is 28.6 Å². The Hall–Kier alpha value is -3.21. The van der Waals surface area contributed by atoms with Gasteiger partial charge >= 0.3 is 6.03 Å². The Balaban J connectivity index is 1.32. The molecule has 3 heterocycles. The van der Waals surface area contributed by atoms with Crippen LogP contribution in [0.2, 0.25) is 0 Å². The van der Waals surface area contributed by atoms with E-state index in [0.29, 0.717) is 0 Å². The highest BCUT2D eigenvalue weighted by molar-refractivity contribution is 5.89. The van der Waals surface area contributed by atoms with E-state index >= 15 is 0 Å². The first kappa shape index (κ1) is 18.8. The smallest absolute Gasteiger partial charge is 0.321 e. The van der Waals surface area contributed by atoms with Crippen molar-refractivity contribution in [3.8, 4) is 5.69 Å². The molecule has 0 aliphatic carbocycles. The Morgan fingerprint density at radius 3 is 2.60 bits per heavy atom. The van der Waals surface area contributed by atoms with Crippen molar-refractivity contribution in [2.75, 3.05) is 23.7 Å². The maximum Gasteiger partial charge on any atom is 0.321 e. The van der Waals surface area contributed by atoms with E-state index in [2.05, 4.69) is 77.7 Å². The van der Waals surface area contributed by atoms with Gasteiger partial charge in [0.15, 0.2) is 0 Å². The largest absolute Gasteiger partial charge is 0.372 e. The van der Waals surface area contributed by atoms with Crippen molar-refractivity contribution in [1.82, 2.24) is 9.47 Å². The standard InChI is InChI=1S/C25H28N4O/c1-3-19-7-9-20(10-8-19)26-24(30)28-15-12-25(13-16-28)23-5-4-14-29(23)22-11-6-18(2)17-21(22)27-25/h4-11,14,17,27H,3,12-13,15-16H2,1-2H3,(H,26,30). The third-order valence-electron chi connectivity index (χ3n) is 6.54. The molecule has 2 aliphatic heterocycles. The monoisotopic (exact) mass is 400 g/mol. The Labute approximate surface area is 177 Å². The number of fused-ring (bicyclic) bond motifs is 4. The Bertz CT molecular complexity index is 1070. The molecule has 154 valence electrons. The predicted molar refractivity (Wildman–Crippen MR) is 121 cm³/mol.